The molecule has 2 unspecified atom stereocenters. The van der Waals surface area contributed by atoms with E-state index in [4.69, 9.17) is 9.47 Å². The number of amides is 1. The molecule has 2 aliphatic heterocycles. The van der Waals surface area contributed by atoms with Crippen molar-refractivity contribution >= 4 is 11.7 Å². The van der Waals surface area contributed by atoms with Crippen molar-refractivity contribution in [1.29, 1.82) is 0 Å². The average Bonchev–Trinajstić information content (AvgIpc) is 3.12. The molecular formula is C29H51NO9. The van der Waals surface area contributed by atoms with Gasteiger partial charge in [0.2, 0.25) is 0 Å². The Hall–Kier alpha value is -1.56. The maximum Gasteiger partial charge on any atom is 0.261 e. The molecule has 2 heterocycles. The highest BCUT2D eigenvalue weighted by molar-refractivity contribution is 6.26. The highest BCUT2D eigenvalue weighted by Crippen LogP contribution is 2.27. The van der Waals surface area contributed by atoms with Crippen LogP contribution >= 0.6 is 0 Å². The number of aliphatic hydroxyl groups excluding tert-OH is 5. The molecule has 0 aromatic carbocycles. The van der Waals surface area contributed by atoms with Gasteiger partial charge >= 0.3 is 0 Å². The maximum absolute atomic E-state index is 12.3. The first-order valence-corrected chi connectivity index (χ1v) is 14.8. The summed E-state index contributed by atoms with van der Waals surface area (Å²) in [6, 6.07) is -0.505. The van der Waals surface area contributed by atoms with Crippen molar-refractivity contribution < 1.29 is 44.6 Å². The van der Waals surface area contributed by atoms with E-state index < -0.39 is 43.4 Å². The van der Waals surface area contributed by atoms with Gasteiger partial charge in [0.05, 0.1) is 12.6 Å². The third-order valence-electron chi connectivity index (χ3n) is 8.13. The predicted octanol–water partition coefficient (Wildman–Crippen LogP) is 2.75. The quantitative estimate of drug-likeness (QED) is 0.0740. The molecule has 10 nitrogen and oxygen atoms in total. The van der Waals surface area contributed by atoms with Gasteiger partial charge in [0.25, 0.3) is 5.91 Å². The number of rotatable bonds is 18. The lowest BCUT2D eigenvalue weighted by Crippen LogP contribution is -2.59. The molecule has 10 heteroatoms. The number of Topliss-reactive ketones (excluding diaryl/α,β-unsaturated/α-hetero) is 1. The van der Waals surface area contributed by atoms with Crippen LogP contribution in [-0.4, -0.2) is 99.1 Å². The molecule has 5 N–H and O–H groups in total. The van der Waals surface area contributed by atoms with Gasteiger partial charge < -0.3 is 39.9 Å². The lowest BCUT2D eigenvalue weighted by atomic mass is 9.95. The van der Waals surface area contributed by atoms with Crippen LogP contribution in [0.25, 0.3) is 0 Å². The van der Waals surface area contributed by atoms with Crippen LogP contribution in [0.3, 0.4) is 0 Å². The molecule has 226 valence electrons. The maximum atomic E-state index is 12.3. The lowest BCUT2D eigenvalue weighted by Gasteiger charge is -2.39. The summed E-state index contributed by atoms with van der Waals surface area (Å²) in [5, 5.41) is 49.2. The number of hydrogen-bond acceptors (Lipinski definition) is 9. The lowest BCUT2D eigenvalue weighted by molar-refractivity contribution is -0.301. The number of ether oxygens (including phenoxy) is 2. The van der Waals surface area contributed by atoms with Crippen molar-refractivity contribution in [3.8, 4) is 0 Å². The van der Waals surface area contributed by atoms with Gasteiger partial charge in [0.1, 0.15) is 35.7 Å². The number of hydrogen-bond donors (Lipinski definition) is 5. The first-order chi connectivity index (χ1) is 18.6. The number of likely N-dealkylation sites (tertiary alicyclic amines) is 1. The van der Waals surface area contributed by atoms with Gasteiger partial charge in [0.15, 0.2) is 12.1 Å². The summed E-state index contributed by atoms with van der Waals surface area (Å²) in [4.78, 5) is 25.9. The summed E-state index contributed by atoms with van der Waals surface area (Å²) in [5.74, 6) is -0.904. The van der Waals surface area contributed by atoms with E-state index >= 15 is 0 Å². The molecule has 0 radical (unpaired) electrons. The summed E-state index contributed by atoms with van der Waals surface area (Å²) >= 11 is 0. The van der Waals surface area contributed by atoms with E-state index in [0.29, 0.717) is 6.61 Å². The fourth-order valence-corrected chi connectivity index (χ4v) is 5.19. The van der Waals surface area contributed by atoms with Crippen LogP contribution in [0.2, 0.25) is 0 Å². The van der Waals surface area contributed by atoms with Crippen LogP contribution in [0, 0.1) is 5.92 Å². The van der Waals surface area contributed by atoms with E-state index in [-0.39, 0.29) is 28.9 Å². The average molecular weight is 558 g/mol. The number of carbonyl (C=O) groups excluding carboxylic acids is 2. The Morgan fingerprint density at radius 3 is 1.87 bits per heavy atom. The Balaban J connectivity index is 1.41. The molecule has 2 aliphatic rings. The second-order valence-corrected chi connectivity index (χ2v) is 11.2. The summed E-state index contributed by atoms with van der Waals surface area (Å²) in [7, 11) is 1.59. The van der Waals surface area contributed by atoms with Crippen LogP contribution < -0.4 is 0 Å². The van der Waals surface area contributed by atoms with Crippen molar-refractivity contribution in [1.82, 2.24) is 4.90 Å². The van der Waals surface area contributed by atoms with Crippen molar-refractivity contribution in [2.45, 2.75) is 134 Å². The van der Waals surface area contributed by atoms with Gasteiger partial charge in [-0.1, -0.05) is 77.6 Å². The van der Waals surface area contributed by atoms with Crippen LogP contribution in [0.1, 0.15) is 97.3 Å². The normalized spacial score (nSPS) is 29.8. The van der Waals surface area contributed by atoms with Crippen LogP contribution in [0.15, 0.2) is 11.3 Å². The Bertz CT molecular complexity index is 765. The van der Waals surface area contributed by atoms with Crippen LogP contribution in [-0.2, 0) is 19.1 Å². The highest BCUT2D eigenvalue weighted by Gasteiger charge is 2.44. The number of carbonyl (C=O) groups is 2. The first-order valence-electron chi connectivity index (χ1n) is 14.8. The molecule has 0 aromatic rings. The first kappa shape index (κ1) is 33.6. The zero-order valence-electron chi connectivity index (χ0n) is 24.0. The SMILES string of the molecule is CC(CCCCCCCCCCCCCCO[C@@H]1O[C@H](CO)[C@@H](O)[C@H](O)[C@@H]1O)/C(O)=C1\C(=O)C(C)N(C)C1=O. The molecule has 2 rings (SSSR count). The molecular weight excluding hydrogens is 506 g/mol. The standard InChI is InChI=1S/C29H51NO9/c1-19(23(32)22-24(33)20(2)30(3)28(22)37)16-14-12-10-8-6-4-5-7-9-11-13-15-17-38-29-27(36)26(35)25(34)21(18-31)39-29/h19-21,25-27,29,31-32,34-36H,4-18H2,1-3H3/b23-22-/t19?,20?,21-,25-,26+,27+,29-/m1/s1. The fourth-order valence-electron chi connectivity index (χ4n) is 5.19. The minimum Gasteiger partial charge on any atom is -0.511 e. The van der Waals surface area contributed by atoms with E-state index in [9.17, 15) is 35.1 Å². The van der Waals surface area contributed by atoms with Crippen molar-refractivity contribution in [2.24, 2.45) is 5.92 Å². The fraction of sp³-hybridized carbons (Fsp3) is 0.862. The number of ketones is 1. The van der Waals surface area contributed by atoms with Gasteiger partial charge in [-0.2, -0.15) is 0 Å². The van der Waals surface area contributed by atoms with E-state index in [2.05, 4.69) is 0 Å². The minimum absolute atomic E-state index is 0.0288. The van der Waals surface area contributed by atoms with Gasteiger partial charge in [-0.15, -0.1) is 0 Å². The molecule has 0 saturated carbocycles. The summed E-state index contributed by atoms with van der Waals surface area (Å²) in [6.07, 6.45) is 7.97. The van der Waals surface area contributed by atoms with Crippen molar-refractivity contribution in [3.63, 3.8) is 0 Å². The second-order valence-electron chi connectivity index (χ2n) is 11.2. The zero-order chi connectivity index (χ0) is 28.9. The molecule has 0 spiro atoms. The third kappa shape index (κ3) is 9.79. The van der Waals surface area contributed by atoms with Crippen LogP contribution in [0.4, 0.5) is 0 Å². The monoisotopic (exact) mass is 557 g/mol. The Kier molecular flexibility index (Phi) is 14.9. The smallest absolute Gasteiger partial charge is 0.261 e. The van der Waals surface area contributed by atoms with Crippen LogP contribution in [0.5, 0.6) is 0 Å². The number of unbranched alkanes of at least 4 members (excludes halogenated alkanes) is 11. The Morgan fingerprint density at radius 2 is 1.38 bits per heavy atom. The molecule has 39 heavy (non-hydrogen) atoms. The van der Waals surface area contributed by atoms with E-state index in [1.54, 1.807) is 14.0 Å². The van der Waals surface area contributed by atoms with E-state index in [1.165, 1.54) is 37.0 Å². The molecule has 2 saturated heterocycles. The molecule has 0 aromatic heterocycles. The third-order valence-corrected chi connectivity index (χ3v) is 8.13. The van der Waals surface area contributed by atoms with Gasteiger partial charge in [-0.05, 0) is 19.8 Å². The summed E-state index contributed by atoms with van der Waals surface area (Å²) in [6.45, 7) is 3.48. The largest absolute Gasteiger partial charge is 0.511 e. The predicted molar refractivity (Wildman–Crippen MR) is 146 cm³/mol. The molecule has 0 aliphatic carbocycles. The second kappa shape index (κ2) is 17.3. The summed E-state index contributed by atoms with van der Waals surface area (Å²) in [5.41, 5.74) is -0.0288. The number of allylic oxidation sites excluding steroid dienone is 1. The Morgan fingerprint density at radius 1 is 0.872 bits per heavy atom. The molecule has 7 atom stereocenters. The zero-order valence-corrected chi connectivity index (χ0v) is 24.0. The number of aliphatic hydroxyl groups is 5. The number of likely N-dealkylation sites (N-methyl/N-ethyl adjacent to an activating group) is 1. The van der Waals surface area contributed by atoms with Crippen molar-refractivity contribution in [2.75, 3.05) is 20.3 Å². The molecule has 0 bridgehead atoms. The summed E-state index contributed by atoms with van der Waals surface area (Å²) < 4.78 is 10.8. The van der Waals surface area contributed by atoms with E-state index in [0.717, 1.165) is 51.4 Å². The van der Waals surface area contributed by atoms with Gasteiger partial charge in [-0.3, -0.25) is 9.59 Å². The van der Waals surface area contributed by atoms with Crippen molar-refractivity contribution in [3.05, 3.63) is 11.3 Å². The number of nitrogens with zero attached hydrogens (tertiary/aromatic N) is 1. The molecule has 2 fully saturated rings. The minimum atomic E-state index is -1.41. The van der Waals surface area contributed by atoms with E-state index in [1.807, 2.05) is 6.92 Å². The van der Waals surface area contributed by atoms with Gasteiger partial charge in [0, 0.05) is 19.6 Å². The topological polar surface area (TPSA) is 157 Å². The Labute approximate surface area is 233 Å². The highest BCUT2D eigenvalue weighted by atomic mass is 16.7. The van der Waals surface area contributed by atoms with Gasteiger partial charge in [-0.25, -0.2) is 0 Å². The molecule has 1 amide bonds.